The number of hydrogen-bond donors (Lipinski definition) is 0. The molecule has 1 aromatic heterocycles. The molecule has 2 atom stereocenters. The number of fused-ring (bicyclic) bond motifs is 1. The molecule has 2 aromatic rings. The Kier molecular flexibility index (Phi) is 6.63. The van der Waals surface area contributed by atoms with E-state index in [0.717, 1.165) is 34.1 Å². The molecule has 2 unspecified atom stereocenters. The van der Waals surface area contributed by atoms with Gasteiger partial charge in [-0.05, 0) is 73.9 Å². The van der Waals surface area contributed by atoms with E-state index in [4.69, 9.17) is 4.74 Å². The minimum Gasteiger partial charge on any atom is -0.352 e. The Balaban J connectivity index is 1.72. The standard InChI is InChI=1S/C25H29NO6S3/c1-16(2)32-25(35(5,30)31)11-10-21(34(4,28)29)13-22(25)24(27)26-14-19-8-7-18(12-20(19)15-26)23-9-6-17(3)33-23/h6-13,16,22H,14-15H2,1-5H3. The molecule has 1 aliphatic carbocycles. The van der Waals surface area contributed by atoms with Gasteiger partial charge in [0.2, 0.25) is 10.8 Å². The van der Waals surface area contributed by atoms with Gasteiger partial charge in [-0.3, -0.25) is 4.79 Å². The predicted molar refractivity (Wildman–Crippen MR) is 138 cm³/mol. The summed E-state index contributed by atoms with van der Waals surface area (Å²) in [7, 11) is -7.65. The van der Waals surface area contributed by atoms with Crippen molar-refractivity contribution in [1.82, 2.24) is 4.90 Å². The van der Waals surface area contributed by atoms with Gasteiger partial charge in [0.15, 0.2) is 19.7 Å². The summed E-state index contributed by atoms with van der Waals surface area (Å²) in [6.45, 7) is 6.01. The third kappa shape index (κ3) is 4.89. The van der Waals surface area contributed by atoms with E-state index in [1.807, 2.05) is 19.1 Å². The Morgan fingerprint density at radius 1 is 1.09 bits per heavy atom. The van der Waals surface area contributed by atoms with Crippen LogP contribution >= 0.6 is 11.3 Å². The van der Waals surface area contributed by atoms with Crippen LogP contribution in [0.2, 0.25) is 0 Å². The van der Waals surface area contributed by atoms with Crippen molar-refractivity contribution < 1.29 is 26.4 Å². The zero-order valence-electron chi connectivity index (χ0n) is 20.3. The van der Waals surface area contributed by atoms with Crippen LogP contribution in [0.15, 0.2) is 53.5 Å². The van der Waals surface area contributed by atoms with Crippen LogP contribution in [-0.2, 0) is 42.3 Å². The van der Waals surface area contributed by atoms with Crippen LogP contribution in [0.4, 0.5) is 0 Å². The Morgan fingerprint density at radius 2 is 1.77 bits per heavy atom. The first kappa shape index (κ1) is 25.8. The maximum atomic E-state index is 13.9. The molecule has 0 bridgehead atoms. The first-order chi connectivity index (χ1) is 16.2. The van der Waals surface area contributed by atoms with Crippen molar-refractivity contribution in [2.24, 2.45) is 5.92 Å². The van der Waals surface area contributed by atoms with E-state index in [-0.39, 0.29) is 4.91 Å². The summed E-state index contributed by atoms with van der Waals surface area (Å²) >= 11 is 1.69. The molecule has 0 radical (unpaired) electrons. The second kappa shape index (κ2) is 8.99. The van der Waals surface area contributed by atoms with Crippen LogP contribution in [0.25, 0.3) is 10.4 Å². The summed E-state index contributed by atoms with van der Waals surface area (Å²) in [6.07, 6.45) is 5.17. The number of sulfone groups is 2. The normalized spacial score (nSPS) is 22.4. The number of allylic oxidation sites excluding steroid dienone is 1. The van der Waals surface area contributed by atoms with Gasteiger partial charge in [0, 0.05) is 35.4 Å². The summed E-state index contributed by atoms with van der Waals surface area (Å²) in [5, 5.41) is 0. The van der Waals surface area contributed by atoms with Crippen LogP contribution in [0.1, 0.15) is 29.9 Å². The molecule has 2 heterocycles. The lowest BCUT2D eigenvalue weighted by atomic mass is 9.94. The zero-order valence-corrected chi connectivity index (χ0v) is 22.8. The molecule has 0 spiro atoms. The van der Waals surface area contributed by atoms with Gasteiger partial charge in [0.1, 0.15) is 5.92 Å². The minimum atomic E-state index is -3.98. The lowest BCUT2D eigenvalue weighted by Gasteiger charge is -2.39. The fraction of sp³-hybridized carbons (Fsp3) is 0.400. The average molecular weight is 536 g/mol. The molecule has 188 valence electrons. The molecule has 35 heavy (non-hydrogen) atoms. The van der Waals surface area contributed by atoms with Gasteiger partial charge in [-0.1, -0.05) is 12.1 Å². The van der Waals surface area contributed by atoms with Crippen LogP contribution in [0.3, 0.4) is 0 Å². The number of amides is 1. The van der Waals surface area contributed by atoms with E-state index in [1.54, 1.807) is 30.1 Å². The molecule has 1 aliphatic heterocycles. The van der Waals surface area contributed by atoms with E-state index in [0.29, 0.717) is 13.1 Å². The first-order valence-electron chi connectivity index (χ1n) is 11.2. The molecule has 1 aromatic carbocycles. The van der Waals surface area contributed by atoms with Gasteiger partial charge in [-0.15, -0.1) is 11.3 Å². The third-order valence-electron chi connectivity index (χ3n) is 6.20. The molecule has 0 saturated carbocycles. The molecule has 1 amide bonds. The lowest BCUT2D eigenvalue weighted by molar-refractivity contribution is -0.141. The predicted octanol–water partition coefficient (Wildman–Crippen LogP) is 3.85. The summed E-state index contributed by atoms with van der Waals surface area (Å²) in [6, 6.07) is 10.2. The van der Waals surface area contributed by atoms with Gasteiger partial charge in [-0.2, -0.15) is 0 Å². The Bertz CT molecular complexity index is 1450. The maximum absolute atomic E-state index is 13.9. The number of nitrogens with zero attached hydrogens (tertiary/aromatic N) is 1. The highest BCUT2D eigenvalue weighted by molar-refractivity contribution is 7.94. The van der Waals surface area contributed by atoms with E-state index in [2.05, 4.69) is 18.2 Å². The number of thiophene rings is 1. The Hall–Kier alpha value is -2.27. The molecule has 0 N–H and O–H groups in total. The first-order valence-corrected chi connectivity index (χ1v) is 15.8. The number of rotatable bonds is 6. The molecule has 0 fully saturated rings. The Labute approximate surface area is 210 Å². The van der Waals surface area contributed by atoms with Crippen LogP contribution in [0, 0.1) is 12.8 Å². The van der Waals surface area contributed by atoms with Crippen LogP contribution in [-0.4, -0.2) is 51.2 Å². The largest absolute Gasteiger partial charge is 0.352 e. The number of hydrogen-bond acceptors (Lipinski definition) is 7. The van der Waals surface area contributed by atoms with Crippen molar-refractivity contribution >= 4 is 36.9 Å². The van der Waals surface area contributed by atoms with Crippen LogP contribution < -0.4 is 0 Å². The van der Waals surface area contributed by atoms with Crippen molar-refractivity contribution in [1.29, 1.82) is 0 Å². The number of carbonyl (C=O) groups is 1. The van der Waals surface area contributed by atoms with Crippen molar-refractivity contribution in [3.8, 4) is 10.4 Å². The van der Waals surface area contributed by atoms with E-state index in [9.17, 15) is 21.6 Å². The van der Waals surface area contributed by atoms with Crippen molar-refractivity contribution in [2.75, 3.05) is 12.5 Å². The van der Waals surface area contributed by atoms with E-state index >= 15 is 0 Å². The lowest BCUT2D eigenvalue weighted by Crippen LogP contribution is -2.54. The summed E-state index contributed by atoms with van der Waals surface area (Å²) in [4.78, 5) is 15.7. The fourth-order valence-corrected chi connectivity index (χ4v) is 7.42. The highest BCUT2D eigenvalue weighted by Gasteiger charge is 2.53. The fourth-order valence-electron chi connectivity index (χ4n) is 4.54. The van der Waals surface area contributed by atoms with Gasteiger partial charge < -0.3 is 9.64 Å². The van der Waals surface area contributed by atoms with E-state index < -0.39 is 42.5 Å². The quantitative estimate of drug-likeness (QED) is 0.557. The smallest absolute Gasteiger partial charge is 0.234 e. The highest BCUT2D eigenvalue weighted by Crippen LogP contribution is 2.40. The summed E-state index contributed by atoms with van der Waals surface area (Å²) in [5.74, 6) is -1.84. The van der Waals surface area contributed by atoms with Crippen molar-refractivity contribution in [2.45, 2.75) is 44.9 Å². The molecule has 0 saturated heterocycles. The summed E-state index contributed by atoms with van der Waals surface area (Å²) in [5.41, 5.74) is 3.02. The second-order valence-corrected chi connectivity index (χ2v) is 14.9. The third-order valence-corrected chi connectivity index (χ3v) is 10.0. The van der Waals surface area contributed by atoms with Crippen LogP contribution in [0.5, 0.6) is 0 Å². The molecule has 2 aliphatic rings. The average Bonchev–Trinajstić information content (AvgIpc) is 3.37. The second-order valence-electron chi connectivity index (χ2n) is 9.40. The molecule has 4 rings (SSSR count). The molecule has 7 nitrogen and oxygen atoms in total. The van der Waals surface area contributed by atoms with E-state index in [1.165, 1.54) is 23.1 Å². The number of benzene rings is 1. The molecular weight excluding hydrogens is 506 g/mol. The number of aryl methyl sites for hydroxylation is 1. The van der Waals surface area contributed by atoms with Crippen molar-refractivity contribution in [3.05, 3.63) is 69.5 Å². The number of carbonyl (C=O) groups excluding carboxylic acids is 1. The minimum absolute atomic E-state index is 0.102. The maximum Gasteiger partial charge on any atom is 0.234 e. The monoisotopic (exact) mass is 535 g/mol. The topological polar surface area (TPSA) is 97.8 Å². The highest BCUT2D eigenvalue weighted by atomic mass is 32.2. The zero-order chi connectivity index (χ0) is 25.8. The van der Waals surface area contributed by atoms with Gasteiger partial charge in [-0.25, -0.2) is 16.8 Å². The molecule has 10 heteroatoms. The van der Waals surface area contributed by atoms with Gasteiger partial charge >= 0.3 is 0 Å². The SMILES string of the molecule is Cc1ccc(-c2ccc3c(c2)CN(C(=O)C2C=C(S(C)(=O)=O)C=CC2(OC(C)C)S(C)(=O)=O)C3)s1. The molecular formula is C25H29NO6S3. The van der Waals surface area contributed by atoms with Crippen molar-refractivity contribution in [3.63, 3.8) is 0 Å². The van der Waals surface area contributed by atoms with Gasteiger partial charge in [0.25, 0.3) is 0 Å². The number of ether oxygens (including phenoxy) is 1. The summed E-state index contributed by atoms with van der Waals surface area (Å²) < 4.78 is 56.5. The van der Waals surface area contributed by atoms with Gasteiger partial charge in [0.05, 0.1) is 11.0 Å². The Morgan fingerprint density at radius 3 is 2.34 bits per heavy atom.